The highest BCUT2D eigenvalue weighted by Crippen LogP contribution is 2.60. The van der Waals surface area contributed by atoms with Gasteiger partial charge in [0, 0.05) is 38.7 Å². The van der Waals surface area contributed by atoms with Crippen LogP contribution in [0.1, 0.15) is 27.8 Å². The zero-order chi connectivity index (χ0) is 41.2. The summed E-state index contributed by atoms with van der Waals surface area (Å²) in [6, 6.07) is 75.1. The Morgan fingerprint density at radius 1 is 0.419 bits per heavy atom. The van der Waals surface area contributed by atoms with Crippen LogP contribution in [0, 0.1) is 6.92 Å². The third-order valence-electron chi connectivity index (χ3n) is 12.5. The van der Waals surface area contributed by atoms with Crippen molar-refractivity contribution in [2.75, 3.05) is 4.90 Å². The molecule has 0 amide bonds. The van der Waals surface area contributed by atoms with Crippen molar-refractivity contribution in [3.05, 3.63) is 240 Å². The van der Waals surface area contributed by atoms with E-state index in [9.17, 15) is 0 Å². The number of fused-ring (bicyclic) bond motifs is 7. The Hall–Kier alpha value is -8.15. The fourth-order valence-electron chi connectivity index (χ4n) is 9.79. The van der Waals surface area contributed by atoms with Crippen molar-refractivity contribution in [3.63, 3.8) is 0 Å². The lowest BCUT2D eigenvalue weighted by Crippen LogP contribution is -2.38. The van der Waals surface area contributed by atoms with Gasteiger partial charge in [-0.1, -0.05) is 170 Å². The molecule has 9 aromatic carbocycles. The van der Waals surface area contributed by atoms with E-state index in [0.29, 0.717) is 17.5 Å². The van der Waals surface area contributed by atoms with E-state index in [-0.39, 0.29) is 0 Å². The molecule has 1 aliphatic heterocycles. The third kappa shape index (κ3) is 5.45. The minimum Gasteiger partial charge on any atom is -0.456 e. The van der Waals surface area contributed by atoms with Gasteiger partial charge in [0.05, 0.1) is 16.8 Å². The molecule has 3 heterocycles. The van der Waals surface area contributed by atoms with E-state index in [4.69, 9.17) is 19.4 Å². The maximum Gasteiger partial charge on any atom is 0.164 e. The van der Waals surface area contributed by atoms with Crippen molar-refractivity contribution in [1.29, 1.82) is 0 Å². The summed E-state index contributed by atoms with van der Waals surface area (Å²) in [5.41, 5.74) is 12.8. The average molecular weight is 795 g/mol. The zero-order valence-electron chi connectivity index (χ0n) is 33.9. The predicted molar refractivity (Wildman–Crippen MR) is 252 cm³/mol. The first-order valence-corrected chi connectivity index (χ1v) is 21.0. The lowest BCUT2D eigenvalue weighted by atomic mass is 9.62. The second-order valence-electron chi connectivity index (χ2n) is 16.0. The van der Waals surface area contributed by atoms with Crippen LogP contribution in [0.2, 0.25) is 0 Å². The van der Waals surface area contributed by atoms with Crippen LogP contribution in [0.25, 0.3) is 66.9 Å². The quantitative estimate of drug-likeness (QED) is 0.168. The lowest BCUT2D eigenvalue weighted by molar-refractivity contribution is 0.644. The molecular weight excluding hydrogens is 757 g/mol. The molecule has 5 heteroatoms. The smallest absolute Gasteiger partial charge is 0.164 e. The molecule has 11 aromatic rings. The molecule has 0 N–H and O–H groups in total. The Kier molecular flexibility index (Phi) is 8.22. The highest BCUT2D eigenvalue weighted by Gasteiger charge is 2.48. The number of anilines is 3. The number of hydrogen-bond donors (Lipinski definition) is 0. The van der Waals surface area contributed by atoms with Gasteiger partial charge < -0.3 is 9.32 Å². The summed E-state index contributed by atoms with van der Waals surface area (Å²) in [6.07, 6.45) is 0. The monoisotopic (exact) mass is 794 g/mol. The van der Waals surface area contributed by atoms with E-state index < -0.39 is 5.41 Å². The fourth-order valence-corrected chi connectivity index (χ4v) is 9.79. The van der Waals surface area contributed by atoms with Crippen LogP contribution in [0.15, 0.2) is 217 Å². The molecule has 12 rings (SSSR count). The summed E-state index contributed by atoms with van der Waals surface area (Å²) >= 11 is 0. The minimum absolute atomic E-state index is 0.626. The number of aromatic nitrogens is 3. The molecule has 0 radical (unpaired) electrons. The Bertz CT molecular complexity index is 3380. The molecule has 0 atom stereocenters. The Labute approximate surface area is 359 Å². The van der Waals surface area contributed by atoms with E-state index in [0.717, 1.165) is 66.8 Å². The molecule has 0 bridgehead atoms. The number of para-hydroxylation sites is 3. The number of nitrogens with zero attached hydrogens (tertiary/aromatic N) is 4. The Morgan fingerprint density at radius 3 is 1.56 bits per heavy atom. The summed E-state index contributed by atoms with van der Waals surface area (Å²) < 4.78 is 7.05. The topological polar surface area (TPSA) is 55.1 Å². The van der Waals surface area contributed by atoms with Crippen molar-refractivity contribution in [2.24, 2.45) is 0 Å². The first-order valence-electron chi connectivity index (χ1n) is 21.0. The number of aryl methyl sites for hydroxylation is 1. The maximum atomic E-state index is 7.05. The van der Waals surface area contributed by atoms with Crippen LogP contribution in [0.4, 0.5) is 17.1 Å². The van der Waals surface area contributed by atoms with Crippen LogP contribution in [0.3, 0.4) is 0 Å². The first kappa shape index (κ1) is 35.8. The van der Waals surface area contributed by atoms with Crippen molar-refractivity contribution in [3.8, 4) is 34.2 Å². The second kappa shape index (κ2) is 14.3. The largest absolute Gasteiger partial charge is 0.456 e. The van der Waals surface area contributed by atoms with Gasteiger partial charge in [0.25, 0.3) is 0 Å². The van der Waals surface area contributed by atoms with Crippen LogP contribution in [-0.2, 0) is 5.41 Å². The standard InChI is InChI=1S/C57H38N4O/c1-37-35-41(56-59-54(38-19-5-2-6-20-38)58-55(60-56)39-21-7-3-8-22-39)33-34-48(37)61-49-30-16-14-28-45(49)57(42-24-9-4-10-25-42,46-29-15-17-31-50(46)61)47-36-40-23-11-12-26-43(40)52-44-27-13-18-32-51(44)62-53(47)52/h2-36H,1H3. The molecule has 0 unspecified atom stereocenters. The van der Waals surface area contributed by atoms with Gasteiger partial charge in [-0.2, -0.15) is 0 Å². The molecule has 1 aliphatic rings. The van der Waals surface area contributed by atoms with Crippen molar-refractivity contribution >= 4 is 49.8 Å². The van der Waals surface area contributed by atoms with E-state index >= 15 is 0 Å². The lowest BCUT2D eigenvalue weighted by Gasteiger charge is -2.46. The zero-order valence-corrected chi connectivity index (χ0v) is 33.9. The molecule has 0 saturated carbocycles. The predicted octanol–water partition coefficient (Wildman–Crippen LogP) is 14.4. The molecule has 0 fully saturated rings. The van der Waals surface area contributed by atoms with E-state index in [1.165, 1.54) is 27.5 Å². The highest BCUT2D eigenvalue weighted by molar-refractivity contribution is 6.20. The molecule has 292 valence electrons. The number of hydrogen-bond acceptors (Lipinski definition) is 5. The molecule has 5 nitrogen and oxygen atoms in total. The van der Waals surface area contributed by atoms with E-state index in [2.05, 4.69) is 163 Å². The number of rotatable bonds is 6. The minimum atomic E-state index is -0.749. The summed E-state index contributed by atoms with van der Waals surface area (Å²) in [5.74, 6) is 1.90. The summed E-state index contributed by atoms with van der Waals surface area (Å²) in [7, 11) is 0. The average Bonchev–Trinajstić information content (AvgIpc) is 3.74. The van der Waals surface area contributed by atoms with Crippen molar-refractivity contribution < 1.29 is 4.42 Å². The number of benzene rings is 9. The molecule has 0 aliphatic carbocycles. The highest BCUT2D eigenvalue weighted by atomic mass is 16.3. The summed E-state index contributed by atoms with van der Waals surface area (Å²) in [6.45, 7) is 2.18. The van der Waals surface area contributed by atoms with E-state index in [1.807, 2.05) is 60.7 Å². The normalized spacial score (nSPS) is 13.0. The van der Waals surface area contributed by atoms with Crippen LogP contribution in [-0.4, -0.2) is 15.0 Å². The van der Waals surface area contributed by atoms with Gasteiger partial charge in [0.2, 0.25) is 0 Å². The maximum absolute atomic E-state index is 7.05. The van der Waals surface area contributed by atoms with Gasteiger partial charge in [-0.25, -0.2) is 15.0 Å². The van der Waals surface area contributed by atoms with Crippen LogP contribution >= 0.6 is 0 Å². The van der Waals surface area contributed by atoms with Crippen LogP contribution < -0.4 is 4.90 Å². The van der Waals surface area contributed by atoms with Gasteiger partial charge in [0.15, 0.2) is 17.5 Å². The Balaban J connectivity index is 1.09. The second-order valence-corrected chi connectivity index (χ2v) is 16.0. The fraction of sp³-hybridized carbons (Fsp3) is 0.0351. The van der Waals surface area contributed by atoms with Gasteiger partial charge in [-0.15, -0.1) is 0 Å². The number of furan rings is 1. The molecule has 2 aromatic heterocycles. The van der Waals surface area contributed by atoms with Gasteiger partial charge in [-0.05, 0) is 82.4 Å². The van der Waals surface area contributed by atoms with Crippen LogP contribution in [0.5, 0.6) is 0 Å². The third-order valence-corrected chi connectivity index (χ3v) is 12.5. The van der Waals surface area contributed by atoms with E-state index in [1.54, 1.807) is 0 Å². The van der Waals surface area contributed by atoms with Gasteiger partial charge in [0.1, 0.15) is 11.2 Å². The Morgan fingerprint density at radius 2 is 0.935 bits per heavy atom. The van der Waals surface area contributed by atoms with Gasteiger partial charge in [-0.3, -0.25) is 0 Å². The molecule has 0 spiro atoms. The molecular formula is C57H38N4O. The van der Waals surface area contributed by atoms with Crippen molar-refractivity contribution in [1.82, 2.24) is 15.0 Å². The van der Waals surface area contributed by atoms with Crippen molar-refractivity contribution in [2.45, 2.75) is 12.3 Å². The van der Waals surface area contributed by atoms with Gasteiger partial charge >= 0.3 is 0 Å². The first-order chi connectivity index (χ1) is 30.7. The molecule has 0 saturated heterocycles. The molecule has 62 heavy (non-hydrogen) atoms. The summed E-state index contributed by atoms with van der Waals surface area (Å²) in [5, 5.41) is 4.60. The SMILES string of the molecule is Cc1cc(-c2nc(-c3ccccc3)nc(-c3ccccc3)n2)ccc1N1c2ccccc2C(c2ccccc2)(c2cc3ccccc3c3c2oc2ccccc23)c2ccccc21. The summed E-state index contributed by atoms with van der Waals surface area (Å²) in [4.78, 5) is 17.5.